The van der Waals surface area contributed by atoms with Crippen molar-refractivity contribution < 1.29 is 13.3 Å². The molecule has 0 amide bonds. The van der Waals surface area contributed by atoms with Crippen LogP contribution in [0, 0.1) is 0 Å². The van der Waals surface area contributed by atoms with Crippen LogP contribution in [0.1, 0.15) is 0 Å². The molecule has 0 atom stereocenters. The van der Waals surface area contributed by atoms with Gasteiger partial charge >= 0.3 is 0 Å². The molecule has 0 spiro atoms. The first kappa shape index (κ1) is 22.8. The highest BCUT2D eigenvalue weighted by Crippen LogP contribution is 2.46. The van der Waals surface area contributed by atoms with Gasteiger partial charge in [0.15, 0.2) is 0 Å². The van der Waals surface area contributed by atoms with Gasteiger partial charge in [0, 0.05) is 21.5 Å². The molecular formula is C40H22O3. The van der Waals surface area contributed by atoms with E-state index in [1.165, 1.54) is 38.2 Å². The summed E-state index contributed by atoms with van der Waals surface area (Å²) in [5, 5.41) is 10.3. The molecule has 0 aliphatic heterocycles. The lowest BCUT2D eigenvalue weighted by Crippen LogP contribution is -1.90. The molecule has 7 aromatic carbocycles. The van der Waals surface area contributed by atoms with Crippen LogP contribution < -0.4 is 0 Å². The van der Waals surface area contributed by atoms with E-state index >= 15 is 0 Å². The number of furan rings is 3. The summed E-state index contributed by atoms with van der Waals surface area (Å²) in [4.78, 5) is 0. The van der Waals surface area contributed by atoms with E-state index in [2.05, 4.69) is 97.1 Å². The van der Waals surface area contributed by atoms with E-state index in [-0.39, 0.29) is 0 Å². The minimum absolute atomic E-state index is 0.835. The van der Waals surface area contributed by atoms with Gasteiger partial charge < -0.3 is 13.3 Å². The van der Waals surface area contributed by atoms with Crippen LogP contribution in [0.4, 0.5) is 0 Å². The Bertz CT molecular complexity index is 2680. The summed E-state index contributed by atoms with van der Waals surface area (Å²) < 4.78 is 18.4. The Balaban J connectivity index is 1.30. The van der Waals surface area contributed by atoms with Gasteiger partial charge in [0.05, 0.1) is 11.6 Å². The summed E-state index contributed by atoms with van der Waals surface area (Å²) >= 11 is 0. The minimum atomic E-state index is 0.835. The van der Waals surface area contributed by atoms with Crippen LogP contribution in [0.2, 0.25) is 0 Å². The first-order chi connectivity index (χ1) is 21.3. The van der Waals surface area contributed by atoms with Crippen molar-refractivity contribution in [3.8, 4) is 22.3 Å². The Morgan fingerprint density at radius 3 is 1.56 bits per heavy atom. The molecule has 0 radical (unpaired) electrons. The fraction of sp³-hybridized carbons (Fsp3) is 0. The highest BCUT2D eigenvalue weighted by molar-refractivity contribution is 6.23. The van der Waals surface area contributed by atoms with Crippen LogP contribution in [0.15, 0.2) is 147 Å². The normalized spacial score (nSPS) is 12.2. The van der Waals surface area contributed by atoms with Crippen molar-refractivity contribution in [2.24, 2.45) is 0 Å². The number of hydrogen-bond donors (Lipinski definition) is 0. The van der Waals surface area contributed by atoms with Crippen molar-refractivity contribution in [3.63, 3.8) is 0 Å². The van der Waals surface area contributed by atoms with E-state index in [0.717, 1.165) is 60.4 Å². The topological polar surface area (TPSA) is 39.4 Å². The van der Waals surface area contributed by atoms with Gasteiger partial charge in [-0.1, -0.05) is 78.9 Å². The third-order valence-corrected chi connectivity index (χ3v) is 8.94. The lowest BCUT2D eigenvalue weighted by atomic mass is 9.85. The molecule has 3 nitrogen and oxygen atoms in total. The average molecular weight is 551 g/mol. The molecule has 0 bridgehead atoms. The van der Waals surface area contributed by atoms with E-state index in [4.69, 9.17) is 13.3 Å². The second kappa shape index (κ2) is 8.37. The van der Waals surface area contributed by atoms with Gasteiger partial charge in [0.2, 0.25) is 0 Å². The number of para-hydroxylation sites is 1. The molecule has 200 valence electrons. The Morgan fingerprint density at radius 1 is 0.372 bits per heavy atom. The number of benzene rings is 7. The van der Waals surface area contributed by atoms with Crippen LogP contribution in [0.5, 0.6) is 0 Å². The van der Waals surface area contributed by atoms with E-state index < -0.39 is 0 Å². The summed E-state index contributed by atoms with van der Waals surface area (Å²) in [6, 6.07) is 45.0. The van der Waals surface area contributed by atoms with Crippen LogP contribution >= 0.6 is 0 Å². The summed E-state index contributed by atoms with van der Waals surface area (Å²) in [6.07, 6.45) is 1.75. The lowest BCUT2D eigenvalue weighted by Gasteiger charge is -2.17. The van der Waals surface area contributed by atoms with Crippen LogP contribution in [-0.2, 0) is 0 Å². The molecule has 10 rings (SSSR count). The third kappa shape index (κ3) is 3.14. The summed E-state index contributed by atoms with van der Waals surface area (Å²) in [5.41, 5.74) is 9.14. The van der Waals surface area contributed by atoms with Gasteiger partial charge in [0.25, 0.3) is 0 Å². The maximum absolute atomic E-state index is 6.26. The molecule has 0 N–H and O–H groups in total. The van der Waals surface area contributed by atoms with Crippen molar-refractivity contribution in [1.29, 1.82) is 0 Å². The highest BCUT2D eigenvalue weighted by Gasteiger charge is 2.19. The van der Waals surface area contributed by atoms with Crippen molar-refractivity contribution >= 4 is 76.4 Å². The first-order valence-corrected chi connectivity index (χ1v) is 14.5. The monoisotopic (exact) mass is 550 g/mol. The fourth-order valence-corrected chi connectivity index (χ4v) is 7.07. The lowest BCUT2D eigenvalue weighted by molar-refractivity contribution is 0.618. The van der Waals surface area contributed by atoms with Gasteiger partial charge in [-0.15, -0.1) is 0 Å². The number of hydrogen-bond acceptors (Lipinski definition) is 3. The Morgan fingerprint density at radius 2 is 0.884 bits per heavy atom. The smallest absolute Gasteiger partial charge is 0.145 e. The number of fused-ring (bicyclic) bond motifs is 10. The molecule has 3 heterocycles. The van der Waals surface area contributed by atoms with E-state index in [0.29, 0.717) is 0 Å². The largest absolute Gasteiger partial charge is 0.464 e. The molecule has 0 saturated carbocycles. The van der Waals surface area contributed by atoms with Crippen molar-refractivity contribution in [3.05, 3.63) is 134 Å². The quantitative estimate of drug-likeness (QED) is 0.201. The molecule has 10 aromatic rings. The molecule has 0 aliphatic rings. The molecule has 0 fully saturated rings. The van der Waals surface area contributed by atoms with Gasteiger partial charge in [0.1, 0.15) is 27.9 Å². The van der Waals surface area contributed by atoms with Gasteiger partial charge in [-0.25, -0.2) is 0 Å². The van der Waals surface area contributed by atoms with Crippen molar-refractivity contribution in [1.82, 2.24) is 0 Å². The van der Waals surface area contributed by atoms with Crippen LogP contribution in [0.25, 0.3) is 98.6 Å². The zero-order chi connectivity index (χ0) is 28.1. The zero-order valence-corrected chi connectivity index (χ0v) is 22.9. The molecule has 0 saturated heterocycles. The maximum atomic E-state index is 6.26. The predicted octanol–water partition coefficient (Wildman–Crippen LogP) is 11.9. The summed E-state index contributed by atoms with van der Waals surface area (Å²) in [6.45, 7) is 0. The third-order valence-electron chi connectivity index (χ3n) is 8.94. The Labute approximate surface area is 245 Å². The second-order valence-corrected chi connectivity index (χ2v) is 11.2. The second-order valence-electron chi connectivity index (χ2n) is 11.2. The van der Waals surface area contributed by atoms with Crippen molar-refractivity contribution in [2.45, 2.75) is 0 Å². The van der Waals surface area contributed by atoms with E-state index in [1.54, 1.807) is 6.26 Å². The average Bonchev–Trinajstić information content (AvgIpc) is 3.78. The van der Waals surface area contributed by atoms with Crippen molar-refractivity contribution in [2.75, 3.05) is 0 Å². The van der Waals surface area contributed by atoms with Gasteiger partial charge in [-0.2, -0.15) is 0 Å². The SMILES string of the molecule is c1ccc2c(c1)oc1ccc(-c3c4ccccc4c(-c4ccc5oc6ccc7ccoc7c6c5c4)c4ccccc34)cc12. The molecule has 3 heteroatoms. The van der Waals surface area contributed by atoms with E-state index in [1.807, 2.05) is 30.3 Å². The number of rotatable bonds is 2. The standard InChI is InChI=1S/C40H22O3/c1-3-10-29-27(8-1)37(24-14-16-34-31(21-24)26-7-5-6-12-33(26)42-34)28-9-2-4-11-30(28)38(29)25-15-17-35-32(22-25)39-36(43-35)18-13-23-19-20-41-40(23)39/h1-22H. The van der Waals surface area contributed by atoms with Gasteiger partial charge in [-0.3, -0.25) is 0 Å². The molecule has 3 aromatic heterocycles. The van der Waals surface area contributed by atoms with E-state index in [9.17, 15) is 0 Å². The zero-order valence-electron chi connectivity index (χ0n) is 22.9. The van der Waals surface area contributed by atoms with Gasteiger partial charge in [-0.05, 0) is 92.3 Å². The summed E-state index contributed by atoms with van der Waals surface area (Å²) in [7, 11) is 0. The maximum Gasteiger partial charge on any atom is 0.145 e. The first-order valence-electron chi connectivity index (χ1n) is 14.5. The highest BCUT2D eigenvalue weighted by atomic mass is 16.3. The van der Waals surface area contributed by atoms with Crippen LogP contribution in [0.3, 0.4) is 0 Å². The Hall–Kier alpha value is -5.80. The molecule has 0 aliphatic carbocycles. The minimum Gasteiger partial charge on any atom is -0.464 e. The molecule has 0 unspecified atom stereocenters. The predicted molar refractivity (Wildman–Crippen MR) is 177 cm³/mol. The summed E-state index contributed by atoms with van der Waals surface area (Å²) in [5.74, 6) is 0. The molecule has 43 heavy (non-hydrogen) atoms. The molecular weight excluding hydrogens is 528 g/mol. The Kier molecular flexibility index (Phi) is 4.45. The fourth-order valence-electron chi connectivity index (χ4n) is 7.07. The van der Waals surface area contributed by atoms with Crippen LogP contribution in [-0.4, -0.2) is 0 Å².